The number of esters is 1. The normalized spacial score (nSPS) is 10.0. The summed E-state index contributed by atoms with van der Waals surface area (Å²) in [6.07, 6.45) is 0. The first-order chi connectivity index (χ1) is 10.9. The van der Waals surface area contributed by atoms with E-state index >= 15 is 0 Å². The Hall–Kier alpha value is -2.93. The van der Waals surface area contributed by atoms with Crippen molar-refractivity contribution in [2.24, 2.45) is 0 Å². The molecule has 0 spiro atoms. The molecule has 0 amide bonds. The van der Waals surface area contributed by atoms with Gasteiger partial charge in [0.2, 0.25) is 5.78 Å². The van der Waals surface area contributed by atoms with Crippen LogP contribution in [-0.4, -0.2) is 18.4 Å². The number of carbonyl (C=O) groups is 2. The molecule has 0 saturated carbocycles. The molecule has 116 valence electrons. The quantitative estimate of drug-likeness (QED) is 0.640. The third-order valence-corrected chi connectivity index (χ3v) is 3.70. The van der Waals surface area contributed by atoms with Crippen LogP contribution in [0, 0.1) is 32.1 Å². The Labute approximate surface area is 135 Å². The van der Waals surface area contributed by atoms with Gasteiger partial charge >= 0.3 is 5.97 Å². The number of hydrogen-bond acceptors (Lipinski definition) is 4. The van der Waals surface area contributed by atoms with Gasteiger partial charge in [0.15, 0.2) is 6.61 Å². The van der Waals surface area contributed by atoms with Gasteiger partial charge in [-0.1, -0.05) is 12.1 Å². The van der Waals surface area contributed by atoms with Gasteiger partial charge in [0.25, 0.3) is 0 Å². The zero-order chi connectivity index (χ0) is 17.0. The highest BCUT2D eigenvalue weighted by Crippen LogP contribution is 2.16. The molecule has 0 aromatic heterocycles. The van der Waals surface area contributed by atoms with Crippen LogP contribution in [0.1, 0.15) is 43.0 Å². The molecule has 0 N–H and O–H groups in total. The number of aryl methyl sites for hydroxylation is 3. The monoisotopic (exact) mass is 307 g/mol. The summed E-state index contributed by atoms with van der Waals surface area (Å²) >= 11 is 0. The van der Waals surface area contributed by atoms with Crippen molar-refractivity contribution >= 4 is 11.8 Å². The maximum Gasteiger partial charge on any atom is 0.338 e. The average molecular weight is 307 g/mol. The fourth-order valence-electron chi connectivity index (χ4n) is 2.27. The molecule has 2 aromatic rings. The summed E-state index contributed by atoms with van der Waals surface area (Å²) in [6, 6.07) is 11.9. The molecule has 0 radical (unpaired) electrons. The summed E-state index contributed by atoms with van der Waals surface area (Å²) in [5, 5.41) is 8.83. The molecule has 4 heteroatoms. The van der Waals surface area contributed by atoms with Crippen molar-refractivity contribution in [3.63, 3.8) is 0 Å². The smallest absolute Gasteiger partial charge is 0.338 e. The zero-order valence-electron chi connectivity index (χ0n) is 13.3. The molecule has 0 saturated heterocycles. The van der Waals surface area contributed by atoms with Crippen LogP contribution in [0.4, 0.5) is 0 Å². The van der Waals surface area contributed by atoms with E-state index in [4.69, 9.17) is 10.00 Å². The van der Waals surface area contributed by atoms with Crippen molar-refractivity contribution in [1.29, 1.82) is 5.26 Å². The Kier molecular flexibility index (Phi) is 4.92. The van der Waals surface area contributed by atoms with E-state index in [2.05, 4.69) is 0 Å². The van der Waals surface area contributed by atoms with Crippen molar-refractivity contribution in [3.05, 3.63) is 69.8 Å². The Morgan fingerprint density at radius 3 is 2.43 bits per heavy atom. The van der Waals surface area contributed by atoms with E-state index < -0.39 is 5.97 Å². The molecule has 0 unspecified atom stereocenters. The van der Waals surface area contributed by atoms with Crippen LogP contribution in [0.3, 0.4) is 0 Å². The standard InChI is InChI=1S/C19H17NO3/c1-12-7-14(3)17(8-13(12)2)18(21)11-23-19(22)16-6-4-5-15(9-16)10-20/h4-9H,11H2,1-3H3. The second-order valence-electron chi connectivity index (χ2n) is 5.44. The van der Waals surface area contributed by atoms with Crippen LogP contribution in [0.5, 0.6) is 0 Å². The van der Waals surface area contributed by atoms with Crippen LogP contribution < -0.4 is 0 Å². The van der Waals surface area contributed by atoms with E-state index in [-0.39, 0.29) is 18.0 Å². The van der Waals surface area contributed by atoms with Crippen molar-refractivity contribution < 1.29 is 14.3 Å². The second kappa shape index (κ2) is 6.89. The van der Waals surface area contributed by atoms with Gasteiger partial charge in [0.1, 0.15) is 0 Å². The lowest BCUT2D eigenvalue weighted by Crippen LogP contribution is -2.15. The minimum atomic E-state index is -0.614. The number of Topliss-reactive ketones (excluding diaryl/α,β-unsaturated/α-hetero) is 1. The molecule has 0 fully saturated rings. The Bertz CT molecular complexity index is 816. The van der Waals surface area contributed by atoms with E-state index in [0.717, 1.165) is 16.7 Å². The summed E-state index contributed by atoms with van der Waals surface area (Å²) in [4.78, 5) is 24.2. The molecule has 0 atom stereocenters. The first-order valence-corrected chi connectivity index (χ1v) is 7.20. The highest BCUT2D eigenvalue weighted by molar-refractivity contribution is 6.00. The topological polar surface area (TPSA) is 67.2 Å². The average Bonchev–Trinajstić information content (AvgIpc) is 2.55. The zero-order valence-corrected chi connectivity index (χ0v) is 13.3. The van der Waals surface area contributed by atoms with Crippen molar-refractivity contribution in [3.8, 4) is 6.07 Å². The summed E-state index contributed by atoms with van der Waals surface area (Å²) in [6.45, 7) is 5.46. The lowest BCUT2D eigenvalue weighted by molar-refractivity contribution is 0.0474. The van der Waals surface area contributed by atoms with Crippen LogP contribution in [0.2, 0.25) is 0 Å². The van der Waals surface area contributed by atoms with Crippen molar-refractivity contribution in [2.45, 2.75) is 20.8 Å². The Balaban J connectivity index is 2.08. The molecule has 0 aliphatic carbocycles. The molecule has 4 nitrogen and oxygen atoms in total. The summed E-state index contributed by atoms with van der Waals surface area (Å²) < 4.78 is 5.07. The summed E-state index contributed by atoms with van der Waals surface area (Å²) in [5.74, 6) is -0.854. The van der Waals surface area contributed by atoms with Crippen molar-refractivity contribution in [2.75, 3.05) is 6.61 Å². The van der Waals surface area contributed by atoms with Gasteiger partial charge in [0.05, 0.1) is 17.2 Å². The minimum Gasteiger partial charge on any atom is -0.454 e. The van der Waals surface area contributed by atoms with Gasteiger partial charge in [0, 0.05) is 5.56 Å². The SMILES string of the molecule is Cc1cc(C)c(C(=O)COC(=O)c2cccc(C#N)c2)cc1C. The minimum absolute atomic E-state index is 0.240. The molecule has 0 heterocycles. The van der Waals surface area contributed by atoms with Gasteiger partial charge in [-0.3, -0.25) is 4.79 Å². The third-order valence-electron chi connectivity index (χ3n) is 3.70. The van der Waals surface area contributed by atoms with E-state index in [0.29, 0.717) is 11.1 Å². The number of ketones is 1. The Morgan fingerprint density at radius 1 is 1.04 bits per heavy atom. The lowest BCUT2D eigenvalue weighted by atomic mass is 9.98. The van der Waals surface area contributed by atoms with E-state index in [1.165, 1.54) is 6.07 Å². The number of nitrogens with zero attached hydrogens (tertiary/aromatic N) is 1. The van der Waals surface area contributed by atoms with Gasteiger partial charge in [-0.2, -0.15) is 5.26 Å². The van der Waals surface area contributed by atoms with E-state index in [1.54, 1.807) is 18.2 Å². The number of carbonyl (C=O) groups excluding carboxylic acids is 2. The molecule has 0 bridgehead atoms. The van der Waals surface area contributed by atoms with Crippen molar-refractivity contribution in [1.82, 2.24) is 0 Å². The maximum absolute atomic E-state index is 12.3. The lowest BCUT2D eigenvalue weighted by Gasteiger charge is -2.09. The Morgan fingerprint density at radius 2 is 1.74 bits per heavy atom. The molecule has 0 aliphatic rings. The number of ether oxygens (including phenoxy) is 1. The fraction of sp³-hybridized carbons (Fsp3) is 0.211. The fourth-order valence-corrected chi connectivity index (χ4v) is 2.27. The summed E-state index contributed by atoms with van der Waals surface area (Å²) in [5.41, 5.74) is 4.19. The molecule has 2 rings (SSSR count). The van der Waals surface area contributed by atoms with Gasteiger partial charge in [-0.05, 0) is 61.7 Å². The first kappa shape index (κ1) is 16.4. The molecule has 2 aromatic carbocycles. The number of benzene rings is 2. The van der Waals surface area contributed by atoms with Gasteiger partial charge < -0.3 is 4.74 Å². The predicted molar refractivity (Wildman–Crippen MR) is 86.4 cm³/mol. The first-order valence-electron chi connectivity index (χ1n) is 7.20. The van der Waals surface area contributed by atoms with Crippen LogP contribution >= 0.6 is 0 Å². The molecular formula is C19H17NO3. The number of nitriles is 1. The van der Waals surface area contributed by atoms with Crippen LogP contribution in [0.25, 0.3) is 0 Å². The molecule has 23 heavy (non-hydrogen) atoms. The largest absolute Gasteiger partial charge is 0.454 e. The highest BCUT2D eigenvalue weighted by Gasteiger charge is 2.14. The van der Waals surface area contributed by atoms with Crippen LogP contribution in [0.15, 0.2) is 36.4 Å². The maximum atomic E-state index is 12.3. The second-order valence-corrected chi connectivity index (χ2v) is 5.44. The van der Waals surface area contributed by atoms with E-state index in [1.807, 2.05) is 39.0 Å². The third kappa shape index (κ3) is 3.83. The predicted octanol–water partition coefficient (Wildman–Crippen LogP) is 3.52. The molecular weight excluding hydrogens is 290 g/mol. The summed E-state index contributed by atoms with van der Waals surface area (Å²) in [7, 11) is 0. The number of rotatable bonds is 4. The molecule has 0 aliphatic heterocycles. The number of hydrogen-bond donors (Lipinski definition) is 0. The highest BCUT2D eigenvalue weighted by atomic mass is 16.5. The van der Waals surface area contributed by atoms with E-state index in [9.17, 15) is 9.59 Å². The van der Waals surface area contributed by atoms with Crippen LogP contribution in [-0.2, 0) is 4.74 Å². The van der Waals surface area contributed by atoms with Gasteiger partial charge in [-0.15, -0.1) is 0 Å². The van der Waals surface area contributed by atoms with Gasteiger partial charge in [-0.25, -0.2) is 4.79 Å².